The van der Waals surface area contributed by atoms with Crippen LogP contribution < -0.4 is 9.62 Å². The number of halogens is 2. The summed E-state index contributed by atoms with van der Waals surface area (Å²) in [7, 11) is -2.27. The van der Waals surface area contributed by atoms with Crippen molar-refractivity contribution in [2.24, 2.45) is 0 Å². The number of likely N-dealkylation sites (N-methyl/N-ethyl adjacent to an activating group) is 1. The number of para-hydroxylation sites is 1. The minimum Gasteiger partial charge on any atom is -0.357 e. The summed E-state index contributed by atoms with van der Waals surface area (Å²) < 4.78 is 25.7. The molecule has 0 saturated carbocycles. The van der Waals surface area contributed by atoms with Gasteiger partial charge in [0.15, 0.2) is 0 Å². The lowest BCUT2D eigenvalue weighted by Gasteiger charge is -2.31. The number of amides is 2. The zero-order valence-electron chi connectivity index (χ0n) is 16.8. The summed E-state index contributed by atoms with van der Waals surface area (Å²) in [5, 5.41) is 3.19. The molecule has 1 N–H and O–H groups in total. The third kappa shape index (κ3) is 6.10. The van der Waals surface area contributed by atoms with E-state index in [4.69, 9.17) is 23.2 Å². The van der Waals surface area contributed by atoms with Gasteiger partial charge in [-0.1, -0.05) is 47.5 Å². The zero-order valence-corrected chi connectivity index (χ0v) is 19.1. The molecule has 2 rings (SSSR count). The Balaban J connectivity index is 2.37. The van der Waals surface area contributed by atoms with Crippen LogP contribution in [-0.2, 0) is 26.2 Å². The number of rotatable bonds is 8. The molecule has 0 aromatic heterocycles. The summed E-state index contributed by atoms with van der Waals surface area (Å²) in [5.74, 6) is -0.916. The second kappa shape index (κ2) is 10.1. The van der Waals surface area contributed by atoms with Gasteiger partial charge in [0.25, 0.3) is 0 Å². The van der Waals surface area contributed by atoms with Crippen molar-refractivity contribution in [1.29, 1.82) is 0 Å². The summed E-state index contributed by atoms with van der Waals surface area (Å²) in [6.45, 7) is 1.17. The van der Waals surface area contributed by atoms with E-state index in [1.807, 2.05) is 0 Å². The normalized spacial score (nSPS) is 12.2. The third-order valence-electron chi connectivity index (χ3n) is 4.47. The van der Waals surface area contributed by atoms with Crippen molar-refractivity contribution in [2.45, 2.75) is 19.5 Å². The quantitative estimate of drug-likeness (QED) is 0.640. The molecule has 0 aliphatic heterocycles. The average molecular weight is 472 g/mol. The predicted molar refractivity (Wildman–Crippen MR) is 119 cm³/mol. The van der Waals surface area contributed by atoms with Crippen LogP contribution in [0.2, 0.25) is 10.0 Å². The molecule has 0 spiro atoms. The van der Waals surface area contributed by atoms with Crippen LogP contribution in [0.4, 0.5) is 5.69 Å². The Morgan fingerprint density at radius 3 is 2.23 bits per heavy atom. The van der Waals surface area contributed by atoms with E-state index in [0.29, 0.717) is 21.3 Å². The van der Waals surface area contributed by atoms with E-state index in [1.54, 1.807) is 55.5 Å². The van der Waals surface area contributed by atoms with Crippen LogP contribution in [0.15, 0.2) is 48.5 Å². The zero-order chi connectivity index (χ0) is 22.5. The lowest BCUT2D eigenvalue weighted by molar-refractivity contribution is -0.139. The molecule has 0 radical (unpaired) electrons. The first kappa shape index (κ1) is 24.0. The second-order valence-corrected chi connectivity index (χ2v) is 9.39. The topological polar surface area (TPSA) is 86.8 Å². The number of carbonyl (C=O) groups is 2. The Bertz CT molecular complexity index is 1020. The maximum atomic E-state index is 13.2. The lowest BCUT2D eigenvalue weighted by Crippen LogP contribution is -2.50. The molecule has 0 aliphatic carbocycles. The first-order chi connectivity index (χ1) is 14.0. The number of sulfonamides is 1. The van der Waals surface area contributed by atoms with E-state index in [2.05, 4.69) is 5.32 Å². The first-order valence-corrected chi connectivity index (χ1v) is 11.6. The molecule has 0 saturated heterocycles. The largest absolute Gasteiger partial charge is 0.357 e. The van der Waals surface area contributed by atoms with Crippen LogP contribution in [0.5, 0.6) is 0 Å². The minimum atomic E-state index is -3.74. The standard InChI is InChI=1S/C20H23Cl2N3O4S/c1-14(20(27)23-2)24(12-15-9-10-17(21)18(22)11-15)19(26)13-25(30(3,28)29)16-7-5-4-6-8-16/h4-11,14H,12-13H2,1-3H3,(H,23,27)/t14-/m0/s1. The van der Waals surface area contributed by atoms with Crippen LogP contribution >= 0.6 is 23.2 Å². The maximum Gasteiger partial charge on any atom is 0.244 e. The Morgan fingerprint density at radius 2 is 1.70 bits per heavy atom. The molecule has 0 fully saturated rings. The summed E-state index contributed by atoms with van der Waals surface area (Å²) in [6, 6.07) is 12.4. The van der Waals surface area contributed by atoms with Crippen molar-refractivity contribution in [3.05, 3.63) is 64.1 Å². The summed E-state index contributed by atoms with van der Waals surface area (Å²) >= 11 is 12.0. The van der Waals surface area contributed by atoms with E-state index in [1.165, 1.54) is 11.9 Å². The number of nitrogens with one attached hydrogen (secondary N) is 1. The predicted octanol–water partition coefficient (Wildman–Crippen LogP) is 2.92. The Kier molecular flexibility index (Phi) is 8.11. The van der Waals surface area contributed by atoms with Gasteiger partial charge in [0.1, 0.15) is 12.6 Å². The fraction of sp³-hybridized carbons (Fsp3) is 0.300. The lowest BCUT2D eigenvalue weighted by atomic mass is 10.1. The van der Waals surface area contributed by atoms with Crippen molar-refractivity contribution >= 4 is 50.7 Å². The van der Waals surface area contributed by atoms with Gasteiger partial charge in [0.2, 0.25) is 21.8 Å². The van der Waals surface area contributed by atoms with E-state index in [9.17, 15) is 18.0 Å². The summed E-state index contributed by atoms with van der Waals surface area (Å²) in [5.41, 5.74) is 1.01. The van der Waals surface area contributed by atoms with Crippen LogP contribution in [0.1, 0.15) is 12.5 Å². The van der Waals surface area contributed by atoms with Crippen molar-refractivity contribution in [1.82, 2.24) is 10.2 Å². The Morgan fingerprint density at radius 1 is 1.07 bits per heavy atom. The molecule has 10 heteroatoms. The highest BCUT2D eigenvalue weighted by atomic mass is 35.5. The molecule has 2 aromatic carbocycles. The summed E-state index contributed by atoms with van der Waals surface area (Å²) in [6.07, 6.45) is 1.03. The molecular weight excluding hydrogens is 449 g/mol. The van der Waals surface area contributed by atoms with Crippen LogP contribution in [0.25, 0.3) is 0 Å². The van der Waals surface area contributed by atoms with Gasteiger partial charge in [-0.25, -0.2) is 8.42 Å². The van der Waals surface area contributed by atoms with Crippen molar-refractivity contribution < 1.29 is 18.0 Å². The number of hydrogen-bond donors (Lipinski definition) is 1. The van der Waals surface area contributed by atoms with E-state index < -0.39 is 28.5 Å². The monoisotopic (exact) mass is 471 g/mol. The highest BCUT2D eigenvalue weighted by Gasteiger charge is 2.29. The van der Waals surface area contributed by atoms with E-state index >= 15 is 0 Å². The van der Waals surface area contributed by atoms with Crippen molar-refractivity contribution in [3.63, 3.8) is 0 Å². The third-order valence-corrected chi connectivity index (χ3v) is 6.35. The van der Waals surface area contributed by atoms with E-state index in [-0.39, 0.29) is 12.5 Å². The fourth-order valence-corrected chi connectivity index (χ4v) is 4.00. The molecule has 0 aliphatic rings. The second-order valence-electron chi connectivity index (χ2n) is 6.67. The van der Waals surface area contributed by atoms with E-state index in [0.717, 1.165) is 10.6 Å². The SMILES string of the molecule is CNC(=O)[C@H](C)N(Cc1ccc(Cl)c(Cl)c1)C(=O)CN(c1ccccc1)S(C)(=O)=O. The Labute approximate surface area is 186 Å². The molecule has 30 heavy (non-hydrogen) atoms. The van der Waals surface area contributed by atoms with Crippen molar-refractivity contribution in [3.8, 4) is 0 Å². The molecule has 1 atom stereocenters. The highest BCUT2D eigenvalue weighted by Crippen LogP contribution is 2.24. The van der Waals surface area contributed by atoms with Crippen LogP contribution in [0, 0.1) is 0 Å². The molecular formula is C20H23Cl2N3O4S. The van der Waals surface area contributed by atoms with Gasteiger partial charge in [-0.2, -0.15) is 0 Å². The van der Waals surface area contributed by atoms with Gasteiger partial charge in [0.05, 0.1) is 22.0 Å². The van der Waals surface area contributed by atoms with Gasteiger partial charge in [-0.3, -0.25) is 13.9 Å². The van der Waals surface area contributed by atoms with Gasteiger partial charge in [0, 0.05) is 13.6 Å². The molecule has 2 amide bonds. The fourth-order valence-electron chi connectivity index (χ4n) is 2.83. The summed E-state index contributed by atoms with van der Waals surface area (Å²) in [4.78, 5) is 26.7. The number of anilines is 1. The van der Waals surface area contributed by atoms with Gasteiger partial charge in [-0.15, -0.1) is 0 Å². The van der Waals surface area contributed by atoms with Gasteiger partial charge in [-0.05, 0) is 36.8 Å². The molecule has 0 bridgehead atoms. The smallest absolute Gasteiger partial charge is 0.244 e. The average Bonchev–Trinajstić information content (AvgIpc) is 2.71. The molecule has 7 nitrogen and oxygen atoms in total. The molecule has 0 unspecified atom stereocenters. The first-order valence-electron chi connectivity index (χ1n) is 9.02. The van der Waals surface area contributed by atoms with Gasteiger partial charge < -0.3 is 10.2 Å². The maximum absolute atomic E-state index is 13.2. The van der Waals surface area contributed by atoms with Crippen LogP contribution in [0.3, 0.4) is 0 Å². The van der Waals surface area contributed by atoms with Gasteiger partial charge >= 0.3 is 0 Å². The van der Waals surface area contributed by atoms with Crippen molar-refractivity contribution in [2.75, 3.05) is 24.2 Å². The Hall–Kier alpha value is -2.29. The number of nitrogens with zero attached hydrogens (tertiary/aromatic N) is 2. The minimum absolute atomic E-state index is 0.0523. The molecule has 162 valence electrons. The molecule has 2 aromatic rings. The number of carbonyl (C=O) groups excluding carboxylic acids is 2. The molecule has 0 heterocycles. The number of benzene rings is 2. The van der Waals surface area contributed by atoms with Crippen LogP contribution in [-0.4, -0.2) is 51.0 Å². The number of hydrogen-bond acceptors (Lipinski definition) is 4. The highest BCUT2D eigenvalue weighted by molar-refractivity contribution is 7.92.